The summed E-state index contributed by atoms with van der Waals surface area (Å²) in [5, 5.41) is 12.0. The van der Waals surface area contributed by atoms with Crippen LogP contribution >= 0.6 is 0 Å². The Bertz CT molecular complexity index is 410. The fraction of sp³-hybridized carbons (Fsp3) is 0.462. The van der Waals surface area contributed by atoms with Crippen LogP contribution in [-0.4, -0.2) is 30.3 Å². The van der Waals surface area contributed by atoms with Crippen molar-refractivity contribution in [1.82, 2.24) is 5.32 Å². The van der Waals surface area contributed by atoms with Crippen molar-refractivity contribution in [3.63, 3.8) is 0 Å². The summed E-state index contributed by atoms with van der Waals surface area (Å²) in [7, 11) is 0. The summed E-state index contributed by atoms with van der Waals surface area (Å²) < 4.78 is 18.8. The molecule has 1 atom stereocenters. The molecule has 1 aliphatic rings. The zero-order valence-electron chi connectivity index (χ0n) is 9.99. The lowest BCUT2D eigenvalue weighted by Crippen LogP contribution is -2.27. The molecule has 1 unspecified atom stereocenters. The van der Waals surface area contributed by atoms with Crippen molar-refractivity contribution < 1.29 is 19.0 Å². The lowest BCUT2D eigenvalue weighted by molar-refractivity contribution is 0.0902. The highest BCUT2D eigenvalue weighted by Crippen LogP contribution is 2.19. The van der Waals surface area contributed by atoms with E-state index in [1.54, 1.807) is 0 Å². The Morgan fingerprint density at radius 2 is 2.39 bits per heavy atom. The van der Waals surface area contributed by atoms with Gasteiger partial charge >= 0.3 is 0 Å². The van der Waals surface area contributed by atoms with Crippen molar-refractivity contribution in [2.75, 3.05) is 13.2 Å². The van der Waals surface area contributed by atoms with Gasteiger partial charge < -0.3 is 15.2 Å². The summed E-state index contributed by atoms with van der Waals surface area (Å²) in [5.74, 6) is -1.65. The average molecular weight is 253 g/mol. The molecule has 0 bridgehead atoms. The predicted molar refractivity (Wildman–Crippen MR) is 64.0 cm³/mol. The minimum absolute atomic E-state index is 0.180. The third kappa shape index (κ3) is 2.98. The first kappa shape index (κ1) is 12.8. The zero-order valence-corrected chi connectivity index (χ0v) is 9.99. The van der Waals surface area contributed by atoms with Crippen molar-refractivity contribution in [2.24, 2.45) is 0 Å². The van der Waals surface area contributed by atoms with E-state index in [0.717, 1.165) is 25.5 Å². The van der Waals surface area contributed by atoms with Crippen LogP contribution in [0.1, 0.15) is 29.6 Å². The highest BCUT2D eigenvalue weighted by atomic mass is 19.1. The Balaban J connectivity index is 1.87. The van der Waals surface area contributed by atoms with Crippen molar-refractivity contribution >= 4 is 5.91 Å². The van der Waals surface area contributed by atoms with E-state index in [-0.39, 0.29) is 17.4 Å². The quantitative estimate of drug-likeness (QED) is 0.860. The monoisotopic (exact) mass is 253 g/mol. The number of hydrogen-bond acceptors (Lipinski definition) is 3. The summed E-state index contributed by atoms with van der Waals surface area (Å²) in [6.45, 7) is 1.18. The summed E-state index contributed by atoms with van der Waals surface area (Å²) in [5.41, 5.74) is -0.301. The van der Waals surface area contributed by atoms with Crippen LogP contribution in [0.4, 0.5) is 4.39 Å². The van der Waals surface area contributed by atoms with E-state index in [1.165, 1.54) is 12.1 Å². The van der Waals surface area contributed by atoms with Gasteiger partial charge in [0.05, 0.1) is 6.10 Å². The standard InChI is InChI=1S/C13H16FNO3/c14-10-4-1-5-11(16)12(10)13(17)15-7-6-9-3-2-8-18-9/h1,4-5,9,16H,2-3,6-8H2,(H,15,17). The van der Waals surface area contributed by atoms with Crippen molar-refractivity contribution in [1.29, 1.82) is 0 Å². The van der Waals surface area contributed by atoms with Crippen LogP contribution in [-0.2, 0) is 4.74 Å². The fourth-order valence-corrected chi connectivity index (χ4v) is 2.04. The lowest BCUT2D eigenvalue weighted by Gasteiger charge is -2.11. The Morgan fingerprint density at radius 1 is 1.56 bits per heavy atom. The van der Waals surface area contributed by atoms with Gasteiger partial charge in [0.1, 0.15) is 17.1 Å². The van der Waals surface area contributed by atoms with E-state index in [0.29, 0.717) is 13.0 Å². The molecule has 5 heteroatoms. The van der Waals surface area contributed by atoms with E-state index in [1.807, 2.05) is 0 Å². The predicted octanol–water partition coefficient (Wildman–Crippen LogP) is 1.83. The van der Waals surface area contributed by atoms with Gasteiger partial charge in [0.25, 0.3) is 5.91 Å². The minimum Gasteiger partial charge on any atom is -0.507 e. The summed E-state index contributed by atoms with van der Waals surface area (Å²) in [6.07, 6.45) is 2.94. The average Bonchev–Trinajstić information content (AvgIpc) is 2.82. The number of hydrogen-bond donors (Lipinski definition) is 2. The maximum Gasteiger partial charge on any atom is 0.258 e. The van der Waals surface area contributed by atoms with Crippen LogP contribution in [0, 0.1) is 5.82 Å². The van der Waals surface area contributed by atoms with Gasteiger partial charge in [0.2, 0.25) is 0 Å². The van der Waals surface area contributed by atoms with Gasteiger partial charge in [-0.25, -0.2) is 4.39 Å². The number of nitrogens with one attached hydrogen (secondary N) is 1. The van der Waals surface area contributed by atoms with Gasteiger partial charge in [0, 0.05) is 13.2 Å². The number of carbonyl (C=O) groups is 1. The Kier molecular flexibility index (Phi) is 4.15. The number of rotatable bonds is 4. The molecule has 1 aromatic carbocycles. The number of phenolic OH excluding ortho intramolecular Hbond substituents is 1. The number of aromatic hydroxyl groups is 1. The molecule has 2 rings (SSSR count). The molecule has 0 spiro atoms. The molecule has 18 heavy (non-hydrogen) atoms. The zero-order chi connectivity index (χ0) is 13.0. The normalized spacial score (nSPS) is 18.8. The summed E-state index contributed by atoms with van der Waals surface area (Å²) in [6, 6.07) is 3.79. The van der Waals surface area contributed by atoms with E-state index >= 15 is 0 Å². The van der Waals surface area contributed by atoms with Crippen LogP contribution < -0.4 is 5.32 Å². The third-order valence-electron chi connectivity index (χ3n) is 2.99. The molecule has 1 saturated heterocycles. The number of carbonyl (C=O) groups excluding carboxylic acids is 1. The molecule has 0 radical (unpaired) electrons. The molecule has 0 aliphatic carbocycles. The van der Waals surface area contributed by atoms with E-state index < -0.39 is 11.7 Å². The largest absolute Gasteiger partial charge is 0.507 e. The number of halogens is 1. The molecule has 1 amide bonds. The van der Waals surface area contributed by atoms with Gasteiger partial charge in [-0.1, -0.05) is 6.07 Å². The molecular formula is C13H16FNO3. The molecule has 1 fully saturated rings. The smallest absolute Gasteiger partial charge is 0.258 e. The van der Waals surface area contributed by atoms with Gasteiger partial charge in [-0.15, -0.1) is 0 Å². The van der Waals surface area contributed by atoms with Crippen molar-refractivity contribution in [2.45, 2.75) is 25.4 Å². The van der Waals surface area contributed by atoms with E-state index in [4.69, 9.17) is 4.74 Å². The van der Waals surface area contributed by atoms with Crippen LogP contribution in [0.15, 0.2) is 18.2 Å². The van der Waals surface area contributed by atoms with Crippen molar-refractivity contribution in [3.05, 3.63) is 29.6 Å². The van der Waals surface area contributed by atoms with E-state index in [9.17, 15) is 14.3 Å². The third-order valence-corrected chi connectivity index (χ3v) is 2.99. The summed E-state index contributed by atoms with van der Waals surface area (Å²) in [4.78, 5) is 11.7. The molecule has 0 aromatic heterocycles. The van der Waals surface area contributed by atoms with Crippen LogP contribution in [0.25, 0.3) is 0 Å². The molecule has 1 aliphatic heterocycles. The first-order valence-corrected chi connectivity index (χ1v) is 6.06. The molecule has 0 saturated carbocycles. The maximum absolute atomic E-state index is 13.4. The topological polar surface area (TPSA) is 58.6 Å². The van der Waals surface area contributed by atoms with E-state index in [2.05, 4.69) is 5.32 Å². The Morgan fingerprint density at radius 3 is 3.06 bits per heavy atom. The number of ether oxygens (including phenoxy) is 1. The van der Waals surface area contributed by atoms with Gasteiger partial charge in [-0.3, -0.25) is 4.79 Å². The van der Waals surface area contributed by atoms with Gasteiger partial charge in [-0.2, -0.15) is 0 Å². The fourth-order valence-electron chi connectivity index (χ4n) is 2.04. The second kappa shape index (κ2) is 5.82. The molecule has 2 N–H and O–H groups in total. The minimum atomic E-state index is -0.718. The van der Waals surface area contributed by atoms with Crippen LogP contribution in [0.5, 0.6) is 5.75 Å². The second-order valence-electron chi connectivity index (χ2n) is 4.31. The SMILES string of the molecule is O=C(NCCC1CCCO1)c1c(O)cccc1F. The molecule has 98 valence electrons. The first-order chi connectivity index (χ1) is 8.68. The highest BCUT2D eigenvalue weighted by Gasteiger charge is 2.18. The maximum atomic E-state index is 13.4. The van der Waals surface area contributed by atoms with Crippen LogP contribution in [0.2, 0.25) is 0 Å². The Labute approximate surface area is 105 Å². The molecule has 1 heterocycles. The second-order valence-corrected chi connectivity index (χ2v) is 4.31. The van der Waals surface area contributed by atoms with Crippen molar-refractivity contribution in [3.8, 4) is 5.75 Å². The molecular weight excluding hydrogens is 237 g/mol. The number of phenols is 1. The first-order valence-electron chi connectivity index (χ1n) is 6.06. The number of benzene rings is 1. The number of amides is 1. The van der Waals surface area contributed by atoms with Crippen LogP contribution in [0.3, 0.4) is 0 Å². The van der Waals surface area contributed by atoms with Gasteiger partial charge in [0.15, 0.2) is 0 Å². The summed E-state index contributed by atoms with van der Waals surface area (Å²) >= 11 is 0. The highest BCUT2D eigenvalue weighted by molar-refractivity contribution is 5.97. The molecule has 4 nitrogen and oxygen atoms in total. The Hall–Kier alpha value is -1.62. The van der Waals surface area contributed by atoms with Gasteiger partial charge in [-0.05, 0) is 31.4 Å². The lowest BCUT2D eigenvalue weighted by atomic mass is 10.1. The molecule has 1 aromatic rings.